The molecule has 0 bridgehead atoms. The first-order chi connectivity index (χ1) is 9.84. The minimum atomic E-state index is 0.581. The van der Waals surface area contributed by atoms with E-state index in [0.717, 1.165) is 24.7 Å². The molecule has 1 aliphatic rings. The van der Waals surface area contributed by atoms with Crippen LogP contribution in [0.15, 0.2) is 43.2 Å². The van der Waals surface area contributed by atoms with E-state index in [-0.39, 0.29) is 0 Å². The standard InChI is InChI=1S/C16H20N4/c1-13(15-3-2-6-17-9-15)14-4-7-20(8-5-14)16-10-18-12-19-11-16/h2-3,6,9-14H,4-5,7-8H2,1H3/t13-/m0/s1. The molecule has 0 spiro atoms. The first-order valence-electron chi connectivity index (χ1n) is 7.24. The van der Waals surface area contributed by atoms with Crippen molar-refractivity contribution in [3.05, 3.63) is 48.8 Å². The summed E-state index contributed by atoms with van der Waals surface area (Å²) in [5.41, 5.74) is 2.49. The SMILES string of the molecule is C[C@H](c1cccnc1)C1CCN(c2cncnc2)CC1. The smallest absolute Gasteiger partial charge is 0.115 e. The molecule has 2 aromatic rings. The van der Waals surface area contributed by atoms with Gasteiger partial charge in [-0.05, 0) is 36.3 Å². The van der Waals surface area contributed by atoms with Gasteiger partial charge in [-0.25, -0.2) is 9.97 Å². The minimum absolute atomic E-state index is 0.581. The van der Waals surface area contributed by atoms with E-state index in [9.17, 15) is 0 Å². The van der Waals surface area contributed by atoms with Gasteiger partial charge >= 0.3 is 0 Å². The van der Waals surface area contributed by atoms with Crippen LogP contribution < -0.4 is 4.90 Å². The number of rotatable bonds is 3. The highest BCUT2D eigenvalue weighted by Gasteiger charge is 2.25. The lowest BCUT2D eigenvalue weighted by Gasteiger charge is -2.35. The Morgan fingerprint density at radius 3 is 2.50 bits per heavy atom. The third-order valence-electron chi connectivity index (χ3n) is 4.37. The summed E-state index contributed by atoms with van der Waals surface area (Å²) in [6.45, 7) is 4.49. The van der Waals surface area contributed by atoms with Crippen molar-refractivity contribution in [2.24, 2.45) is 5.92 Å². The summed E-state index contributed by atoms with van der Waals surface area (Å²) in [6, 6.07) is 4.22. The lowest BCUT2D eigenvalue weighted by atomic mass is 9.82. The highest BCUT2D eigenvalue weighted by Crippen LogP contribution is 2.33. The van der Waals surface area contributed by atoms with Crippen molar-refractivity contribution in [1.82, 2.24) is 15.0 Å². The quantitative estimate of drug-likeness (QED) is 0.858. The molecule has 0 unspecified atom stereocenters. The molecule has 1 fully saturated rings. The molecule has 3 heterocycles. The summed E-state index contributed by atoms with van der Waals surface area (Å²) in [5, 5.41) is 0. The average Bonchev–Trinajstić information content (AvgIpc) is 2.56. The Kier molecular flexibility index (Phi) is 3.90. The zero-order chi connectivity index (χ0) is 13.8. The second kappa shape index (κ2) is 5.99. The number of aromatic nitrogens is 3. The van der Waals surface area contributed by atoms with E-state index in [0.29, 0.717) is 5.92 Å². The molecule has 0 saturated carbocycles. The van der Waals surface area contributed by atoms with Gasteiger partial charge < -0.3 is 4.90 Å². The first-order valence-corrected chi connectivity index (χ1v) is 7.24. The van der Waals surface area contributed by atoms with Crippen LogP contribution in [0.2, 0.25) is 0 Å². The molecule has 20 heavy (non-hydrogen) atoms. The van der Waals surface area contributed by atoms with Gasteiger partial charge in [0.1, 0.15) is 6.33 Å². The van der Waals surface area contributed by atoms with Gasteiger partial charge in [-0.1, -0.05) is 13.0 Å². The molecule has 1 atom stereocenters. The molecule has 2 aromatic heterocycles. The van der Waals surface area contributed by atoms with Gasteiger partial charge in [-0.15, -0.1) is 0 Å². The monoisotopic (exact) mass is 268 g/mol. The average molecular weight is 268 g/mol. The zero-order valence-electron chi connectivity index (χ0n) is 11.8. The summed E-state index contributed by atoms with van der Waals surface area (Å²) in [6.07, 6.45) is 11.7. The normalized spacial score (nSPS) is 17.9. The number of anilines is 1. The van der Waals surface area contributed by atoms with Gasteiger partial charge in [-0.2, -0.15) is 0 Å². The van der Waals surface area contributed by atoms with Crippen molar-refractivity contribution < 1.29 is 0 Å². The summed E-state index contributed by atoms with van der Waals surface area (Å²) in [5.74, 6) is 1.32. The third kappa shape index (κ3) is 2.79. The maximum atomic E-state index is 4.24. The molecule has 1 aliphatic heterocycles. The van der Waals surface area contributed by atoms with Gasteiger partial charge in [0.15, 0.2) is 0 Å². The van der Waals surface area contributed by atoms with E-state index in [2.05, 4.69) is 32.8 Å². The Labute approximate surface area is 119 Å². The highest BCUT2D eigenvalue weighted by atomic mass is 15.1. The lowest BCUT2D eigenvalue weighted by molar-refractivity contribution is 0.354. The molecule has 4 nitrogen and oxygen atoms in total. The van der Waals surface area contributed by atoms with Crippen LogP contribution in [0.25, 0.3) is 0 Å². The van der Waals surface area contributed by atoms with Crippen molar-refractivity contribution in [2.45, 2.75) is 25.7 Å². The number of hydrogen-bond acceptors (Lipinski definition) is 4. The topological polar surface area (TPSA) is 41.9 Å². The van der Waals surface area contributed by atoms with Crippen LogP contribution in [0.3, 0.4) is 0 Å². The van der Waals surface area contributed by atoms with Crippen LogP contribution in [-0.2, 0) is 0 Å². The molecule has 0 N–H and O–H groups in total. The van der Waals surface area contributed by atoms with Crippen molar-refractivity contribution >= 4 is 5.69 Å². The minimum Gasteiger partial charge on any atom is -0.369 e. The van der Waals surface area contributed by atoms with Gasteiger partial charge in [0.2, 0.25) is 0 Å². The van der Waals surface area contributed by atoms with Crippen LogP contribution in [-0.4, -0.2) is 28.0 Å². The van der Waals surface area contributed by atoms with E-state index < -0.39 is 0 Å². The summed E-state index contributed by atoms with van der Waals surface area (Å²) in [7, 11) is 0. The molecule has 4 heteroatoms. The van der Waals surface area contributed by atoms with E-state index >= 15 is 0 Å². The van der Waals surface area contributed by atoms with E-state index in [1.807, 2.05) is 30.9 Å². The van der Waals surface area contributed by atoms with Crippen LogP contribution >= 0.6 is 0 Å². The first kappa shape index (κ1) is 13.0. The van der Waals surface area contributed by atoms with Gasteiger partial charge in [0.25, 0.3) is 0 Å². The molecule has 104 valence electrons. The van der Waals surface area contributed by atoms with Crippen molar-refractivity contribution in [2.75, 3.05) is 18.0 Å². The number of hydrogen-bond donors (Lipinski definition) is 0. The van der Waals surface area contributed by atoms with Crippen LogP contribution in [0, 0.1) is 5.92 Å². The van der Waals surface area contributed by atoms with Crippen LogP contribution in [0.1, 0.15) is 31.2 Å². The predicted octanol–water partition coefficient (Wildman–Crippen LogP) is 2.89. The highest BCUT2D eigenvalue weighted by molar-refractivity contribution is 5.41. The molecular weight excluding hydrogens is 248 g/mol. The van der Waals surface area contributed by atoms with Crippen LogP contribution in [0.5, 0.6) is 0 Å². The van der Waals surface area contributed by atoms with E-state index in [4.69, 9.17) is 0 Å². The maximum Gasteiger partial charge on any atom is 0.115 e. The molecule has 0 amide bonds. The number of pyridine rings is 1. The summed E-state index contributed by atoms with van der Waals surface area (Å²) < 4.78 is 0. The second-order valence-electron chi connectivity index (χ2n) is 5.50. The Morgan fingerprint density at radius 1 is 1.10 bits per heavy atom. The van der Waals surface area contributed by atoms with E-state index in [1.54, 1.807) is 6.33 Å². The lowest BCUT2D eigenvalue weighted by Crippen LogP contribution is -2.35. The Morgan fingerprint density at radius 2 is 1.85 bits per heavy atom. The maximum absolute atomic E-state index is 4.24. The third-order valence-corrected chi connectivity index (χ3v) is 4.37. The Balaban J connectivity index is 1.61. The predicted molar refractivity (Wildman–Crippen MR) is 79.6 cm³/mol. The molecular formula is C16H20N4. The van der Waals surface area contributed by atoms with Crippen LogP contribution in [0.4, 0.5) is 5.69 Å². The van der Waals surface area contributed by atoms with E-state index in [1.165, 1.54) is 18.4 Å². The fraction of sp³-hybridized carbons (Fsp3) is 0.438. The van der Waals surface area contributed by atoms with Crippen molar-refractivity contribution in [3.8, 4) is 0 Å². The van der Waals surface area contributed by atoms with Gasteiger partial charge in [0, 0.05) is 25.5 Å². The zero-order valence-corrected chi connectivity index (χ0v) is 11.8. The fourth-order valence-corrected chi connectivity index (χ4v) is 3.03. The van der Waals surface area contributed by atoms with Gasteiger partial charge in [-0.3, -0.25) is 4.98 Å². The number of nitrogens with zero attached hydrogens (tertiary/aromatic N) is 4. The molecule has 0 aromatic carbocycles. The second-order valence-corrected chi connectivity index (χ2v) is 5.50. The van der Waals surface area contributed by atoms with Gasteiger partial charge in [0.05, 0.1) is 18.1 Å². The van der Waals surface area contributed by atoms with Crippen molar-refractivity contribution in [1.29, 1.82) is 0 Å². The fourth-order valence-electron chi connectivity index (χ4n) is 3.03. The Hall–Kier alpha value is -1.97. The Bertz CT molecular complexity index is 521. The molecule has 0 aliphatic carbocycles. The number of piperidine rings is 1. The molecule has 1 saturated heterocycles. The summed E-state index contributed by atoms with van der Waals surface area (Å²) in [4.78, 5) is 14.8. The summed E-state index contributed by atoms with van der Waals surface area (Å²) >= 11 is 0. The largest absolute Gasteiger partial charge is 0.369 e. The molecule has 3 rings (SSSR count). The van der Waals surface area contributed by atoms with Crippen molar-refractivity contribution in [3.63, 3.8) is 0 Å². The molecule has 0 radical (unpaired) electrons.